The van der Waals surface area contributed by atoms with E-state index in [1.807, 2.05) is 6.26 Å². The van der Waals surface area contributed by atoms with E-state index in [9.17, 15) is 4.79 Å². The molecular weight excluding hydrogens is 160 g/mol. The van der Waals surface area contributed by atoms with Crippen molar-refractivity contribution in [2.75, 3.05) is 6.26 Å². The van der Waals surface area contributed by atoms with Crippen molar-refractivity contribution in [1.82, 2.24) is 4.98 Å². The van der Waals surface area contributed by atoms with Crippen LogP contribution in [-0.4, -0.2) is 17.1 Å². The van der Waals surface area contributed by atoms with Crippen molar-refractivity contribution in [3.8, 4) is 0 Å². The van der Waals surface area contributed by atoms with Crippen molar-refractivity contribution in [1.29, 1.82) is 0 Å². The van der Waals surface area contributed by atoms with Gasteiger partial charge in [0.15, 0.2) is 0 Å². The molecule has 1 aromatic rings. The molecule has 1 aromatic heterocycles. The Morgan fingerprint density at radius 1 is 1.73 bits per heavy atom. The highest BCUT2D eigenvalue weighted by molar-refractivity contribution is 7.98. The van der Waals surface area contributed by atoms with E-state index in [1.54, 1.807) is 12.3 Å². The summed E-state index contributed by atoms with van der Waals surface area (Å²) in [6, 6.07) is 1.77. The number of pyridine rings is 1. The summed E-state index contributed by atoms with van der Waals surface area (Å²) < 4.78 is 0. The molecule has 0 aliphatic carbocycles. The maximum Gasteiger partial charge on any atom is 0.251 e. The Labute approximate surface area is 69.0 Å². The molecule has 1 amide bonds. The number of aromatic nitrogens is 1. The molecule has 0 saturated carbocycles. The number of amides is 1. The van der Waals surface area contributed by atoms with Crippen molar-refractivity contribution in [3.63, 3.8) is 0 Å². The van der Waals surface area contributed by atoms with E-state index in [4.69, 9.17) is 5.73 Å². The molecule has 1 heterocycles. The number of thioether (sulfide) groups is 1. The van der Waals surface area contributed by atoms with Crippen LogP contribution in [0.5, 0.6) is 0 Å². The van der Waals surface area contributed by atoms with Crippen LogP contribution in [0.1, 0.15) is 10.4 Å². The standard InChI is InChI=1S/C7H8N2OS/c1-11-6-2-3-9-4-5(6)7(8)10/h2-4H,1H3,(H2,8,10). The maximum absolute atomic E-state index is 10.7. The summed E-state index contributed by atoms with van der Waals surface area (Å²) in [5.74, 6) is -0.428. The van der Waals surface area contributed by atoms with Crippen LogP contribution >= 0.6 is 11.8 Å². The summed E-state index contributed by atoms with van der Waals surface area (Å²) in [7, 11) is 0. The van der Waals surface area contributed by atoms with Crippen molar-refractivity contribution >= 4 is 17.7 Å². The summed E-state index contributed by atoms with van der Waals surface area (Å²) >= 11 is 1.48. The Bertz CT molecular complexity index is 275. The normalized spacial score (nSPS) is 9.55. The highest BCUT2D eigenvalue weighted by Crippen LogP contribution is 2.17. The molecular formula is C7H8N2OS. The van der Waals surface area contributed by atoms with Gasteiger partial charge in [-0.1, -0.05) is 0 Å². The Morgan fingerprint density at radius 3 is 2.91 bits per heavy atom. The Hall–Kier alpha value is -1.03. The van der Waals surface area contributed by atoms with Crippen LogP contribution in [-0.2, 0) is 0 Å². The molecule has 3 nitrogen and oxygen atoms in total. The van der Waals surface area contributed by atoms with Gasteiger partial charge in [0, 0.05) is 17.3 Å². The summed E-state index contributed by atoms with van der Waals surface area (Å²) in [5, 5.41) is 0. The number of carbonyl (C=O) groups excluding carboxylic acids is 1. The smallest absolute Gasteiger partial charge is 0.251 e. The van der Waals surface area contributed by atoms with Gasteiger partial charge in [-0.15, -0.1) is 11.8 Å². The van der Waals surface area contributed by atoms with Crippen molar-refractivity contribution < 1.29 is 4.79 Å². The fourth-order valence-corrected chi connectivity index (χ4v) is 1.31. The molecule has 0 spiro atoms. The predicted molar refractivity (Wildman–Crippen MR) is 44.5 cm³/mol. The van der Waals surface area contributed by atoms with E-state index in [0.29, 0.717) is 5.56 Å². The molecule has 0 unspecified atom stereocenters. The first kappa shape index (κ1) is 8.07. The minimum Gasteiger partial charge on any atom is -0.366 e. The number of primary amides is 1. The minimum absolute atomic E-state index is 0.428. The first-order valence-electron chi connectivity index (χ1n) is 3.03. The van der Waals surface area contributed by atoms with Gasteiger partial charge in [-0.05, 0) is 12.3 Å². The van der Waals surface area contributed by atoms with Gasteiger partial charge < -0.3 is 5.73 Å². The van der Waals surface area contributed by atoms with Gasteiger partial charge in [-0.25, -0.2) is 0 Å². The van der Waals surface area contributed by atoms with Gasteiger partial charge in [-0.3, -0.25) is 9.78 Å². The highest BCUT2D eigenvalue weighted by Gasteiger charge is 2.05. The SMILES string of the molecule is CSc1ccncc1C(N)=O. The first-order chi connectivity index (χ1) is 5.25. The molecule has 0 bridgehead atoms. The summed E-state index contributed by atoms with van der Waals surface area (Å²) in [4.78, 5) is 15.4. The van der Waals surface area contributed by atoms with Crippen LogP contribution in [0.15, 0.2) is 23.4 Å². The number of hydrogen-bond donors (Lipinski definition) is 1. The van der Waals surface area contributed by atoms with Crippen LogP contribution < -0.4 is 5.73 Å². The predicted octanol–water partition coefficient (Wildman–Crippen LogP) is 0.902. The number of hydrogen-bond acceptors (Lipinski definition) is 3. The van der Waals surface area contributed by atoms with Crippen molar-refractivity contribution in [2.45, 2.75) is 4.90 Å². The van der Waals surface area contributed by atoms with E-state index in [1.165, 1.54) is 18.0 Å². The second-order valence-electron chi connectivity index (χ2n) is 1.94. The Morgan fingerprint density at radius 2 is 2.45 bits per heavy atom. The Kier molecular flexibility index (Phi) is 2.48. The van der Waals surface area contributed by atoms with E-state index in [-0.39, 0.29) is 0 Å². The zero-order valence-corrected chi connectivity index (χ0v) is 6.89. The van der Waals surface area contributed by atoms with Gasteiger partial charge in [0.1, 0.15) is 0 Å². The van der Waals surface area contributed by atoms with Gasteiger partial charge in [0.05, 0.1) is 5.56 Å². The van der Waals surface area contributed by atoms with Crippen molar-refractivity contribution in [2.24, 2.45) is 5.73 Å². The lowest BCUT2D eigenvalue weighted by Gasteiger charge is -1.99. The molecule has 2 N–H and O–H groups in total. The first-order valence-corrected chi connectivity index (χ1v) is 4.26. The monoisotopic (exact) mass is 168 g/mol. The largest absolute Gasteiger partial charge is 0.366 e. The van der Waals surface area contributed by atoms with Crippen LogP contribution in [0.4, 0.5) is 0 Å². The van der Waals surface area contributed by atoms with E-state index in [2.05, 4.69) is 4.98 Å². The lowest BCUT2D eigenvalue weighted by Crippen LogP contribution is -2.12. The van der Waals surface area contributed by atoms with Gasteiger partial charge in [0.25, 0.3) is 5.91 Å². The molecule has 0 fully saturated rings. The third kappa shape index (κ3) is 1.71. The number of rotatable bonds is 2. The van der Waals surface area contributed by atoms with Gasteiger partial charge >= 0.3 is 0 Å². The minimum atomic E-state index is -0.428. The van der Waals surface area contributed by atoms with E-state index >= 15 is 0 Å². The van der Waals surface area contributed by atoms with Gasteiger partial charge in [-0.2, -0.15) is 0 Å². The van der Waals surface area contributed by atoms with Crippen LogP contribution in [0.25, 0.3) is 0 Å². The molecule has 0 atom stereocenters. The topological polar surface area (TPSA) is 56.0 Å². The molecule has 11 heavy (non-hydrogen) atoms. The third-order valence-corrected chi connectivity index (χ3v) is 2.06. The van der Waals surface area contributed by atoms with E-state index in [0.717, 1.165) is 4.90 Å². The molecule has 0 aliphatic rings. The van der Waals surface area contributed by atoms with Crippen LogP contribution in [0, 0.1) is 0 Å². The molecule has 1 rings (SSSR count). The summed E-state index contributed by atoms with van der Waals surface area (Å²) in [6.07, 6.45) is 5.01. The molecule has 0 aromatic carbocycles. The fourth-order valence-electron chi connectivity index (χ4n) is 0.745. The van der Waals surface area contributed by atoms with Crippen molar-refractivity contribution in [3.05, 3.63) is 24.0 Å². The molecule has 0 saturated heterocycles. The fraction of sp³-hybridized carbons (Fsp3) is 0.143. The van der Waals surface area contributed by atoms with Crippen LogP contribution in [0.2, 0.25) is 0 Å². The number of nitrogens with two attached hydrogens (primary N) is 1. The zero-order chi connectivity index (χ0) is 8.27. The molecule has 4 heteroatoms. The van der Waals surface area contributed by atoms with Gasteiger partial charge in [0.2, 0.25) is 0 Å². The zero-order valence-electron chi connectivity index (χ0n) is 6.07. The Balaban J connectivity index is 3.12. The summed E-state index contributed by atoms with van der Waals surface area (Å²) in [6.45, 7) is 0. The highest BCUT2D eigenvalue weighted by atomic mass is 32.2. The lowest BCUT2D eigenvalue weighted by atomic mass is 10.3. The van der Waals surface area contributed by atoms with E-state index < -0.39 is 5.91 Å². The number of nitrogens with zero attached hydrogens (tertiary/aromatic N) is 1. The summed E-state index contributed by atoms with van der Waals surface area (Å²) in [5.41, 5.74) is 5.58. The third-order valence-electron chi connectivity index (χ3n) is 1.27. The van der Waals surface area contributed by atoms with Crippen LogP contribution in [0.3, 0.4) is 0 Å². The number of carbonyl (C=O) groups is 1. The molecule has 0 aliphatic heterocycles. The molecule has 58 valence electrons. The average Bonchev–Trinajstić information content (AvgIpc) is 2.04. The average molecular weight is 168 g/mol. The second-order valence-corrected chi connectivity index (χ2v) is 2.79. The maximum atomic E-state index is 10.7. The molecule has 0 radical (unpaired) electrons. The quantitative estimate of drug-likeness (QED) is 0.667. The second kappa shape index (κ2) is 3.39. The lowest BCUT2D eigenvalue weighted by molar-refractivity contribution is 0.0997.